The number of aryl methyl sites for hydroxylation is 1. The lowest BCUT2D eigenvalue weighted by molar-refractivity contribution is 0.195. The number of methoxy groups -OCH3 is 1. The Labute approximate surface area is 83.3 Å². The maximum absolute atomic E-state index is 13.3. The summed E-state index contributed by atoms with van der Waals surface area (Å²) in [6.07, 6.45) is 0.0851. The first kappa shape index (κ1) is 11.0. The lowest BCUT2D eigenvalue weighted by atomic mass is 10.1. The van der Waals surface area contributed by atoms with Crippen LogP contribution >= 0.6 is 0 Å². The normalized spacial score (nSPS) is 12.6. The van der Waals surface area contributed by atoms with Gasteiger partial charge in [0.25, 0.3) is 0 Å². The predicted octanol–water partition coefficient (Wildman–Crippen LogP) is 2.07. The summed E-state index contributed by atoms with van der Waals surface area (Å²) in [4.78, 5) is 0. The van der Waals surface area contributed by atoms with Crippen LogP contribution in [0.25, 0.3) is 0 Å². The minimum absolute atomic E-state index is 0.237. The van der Waals surface area contributed by atoms with E-state index in [-0.39, 0.29) is 11.6 Å². The second-order valence-corrected chi connectivity index (χ2v) is 3.48. The zero-order valence-corrected chi connectivity index (χ0v) is 8.67. The molecule has 0 heterocycles. The molecule has 1 N–H and O–H groups in total. The molecule has 0 aliphatic heterocycles. The first-order valence-corrected chi connectivity index (χ1v) is 4.55. The van der Waals surface area contributed by atoms with Crippen molar-refractivity contribution >= 4 is 0 Å². The molecule has 0 radical (unpaired) electrons. The molecule has 78 valence electrons. The molecule has 0 aliphatic rings. The average molecular weight is 198 g/mol. The Kier molecular flexibility index (Phi) is 3.47. The number of rotatable bonds is 3. The fraction of sp³-hybridized carbons (Fsp3) is 0.455. The molecule has 1 unspecified atom stereocenters. The van der Waals surface area contributed by atoms with Crippen molar-refractivity contribution in [3.05, 3.63) is 29.1 Å². The topological polar surface area (TPSA) is 29.5 Å². The van der Waals surface area contributed by atoms with E-state index >= 15 is 0 Å². The predicted molar refractivity (Wildman–Crippen MR) is 53.1 cm³/mol. The highest BCUT2D eigenvalue weighted by molar-refractivity contribution is 5.36. The number of hydrogen-bond acceptors (Lipinski definition) is 2. The summed E-state index contributed by atoms with van der Waals surface area (Å²) in [5.74, 6) is -0.0949. The van der Waals surface area contributed by atoms with Crippen molar-refractivity contribution in [1.29, 1.82) is 0 Å². The molecule has 0 fully saturated rings. The second-order valence-electron chi connectivity index (χ2n) is 3.48. The fourth-order valence-electron chi connectivity index (χ4n) is 1.42. The number of benzene rings is 1. The fourth-order valence-corrected chi connectivity index (χ4v) is 1.42. The van der Waals surface area contributed by atoms with Crippen LogP contribution in [-0.2, 0) is 6.42 Å². The highest BCUT2D eigenvalue weighted by atomic mass is 19.1. The Morgan fingerprint density at radius 1 is 1.50 bits per heavy atom. The molecular weight excluding hydrogens is 183 g/mol. The van der Waals surface area contributed by atoms with Crippen LogP contribution in [0, 0.1) is 12.7 Å². The molecule has 0 spiro atoms. The summed E-state index contributed by atoms with van der Waals surface area (Å²) in [6, 6.07) is 3.35. The maximum Gasteiger partial charge on any atom is 0.167 e. The number of halogens is 1. The van der Waals surface area contributed by atoms with E-state index in [0.717, 1.165) is 5.56 Å². The minimum atomic E-state index is -0.426. The molecule has 0 amide bonds. The van der Waals surface area contributed by atoms with Crippen molar-refractivity contribution in [2.75, 3.05) is 7.11 Å². The molecule has 0 aliphatic carbocycles. The molecular formula is C11H15FO2. The van der Waals surface area contributed by atoms with E-state index in [2.05, 4.69) is 0 Å². The summed E-state index contributed by atoms with van der Waals surface area (Å²) in [5, 5.41) is 9.20. The standard InChI is InChI=1S/C11H15FO2/c1-7-4-9(5-8(2)13)6-10(14-3)11(7)12/h4,6,8,13H,5H2,1-3H3. The van der Waals surface area contributed by atoms with Crippen molar-refractivity contribution < 1.29 is 14.2 Å². The molecule has 1 aromatic carbocycles. The second kappa shape index (κ2) is 4.42. The average Bonchev–Trinajstić information content (AvgIpc) is 2.10. The van der Waals surface area contributed by atoms with E-state index in [1.807, 2.05) is 0 Å². The van der Waals surface area contributed by atoms with Crippen LogP contribution in [0.2, 0.25) is 0 Å². The van der Waals surface area contributed by atoms with Gasteiger partial charge in [-0.1, -0.05) is 6.07 Å². The molecule has 1 rings (SSSR count). The third kappa shape index (κ3) is 2.45. The third-order valence-electron chi connectivity index (χ3n) is 2.03. The van der Waals surface area contributed by atoms with Gasteiger partial charge in [0.05, 0.1) is 13.2 Å². The van der Waals surface area contributed by atoms with Crippen LogP contribution in [0.15, 0.2) is 12.1 Å². The molecule has 14 heavy (non-hydrogen) atoms. The number of hydrogen-bond donors (Lipinski definition) is 1. The summed E-state index contributed by atoms with van der Waals surface area (Å²) >= 11 is 0. The molecule has 0 saturated carbocycles. The first-order valence-electron chi connectivity index (χ1n) is 4.55. The molecule has 3 heteroatoms. The largest absolute Gasteiger partial charge is 0.494 e. The van der Waals surface area contributed by atoms with Crippen molar-refractivity contribution in [3.63, 3.8) is 0 Å². The van der Waals surface area contributed by atoms with E-state index in [1.54, 1.807) is 26.0 Å². The summed E-state index contributed by atoms with van der Waals surface area (Å²) in [6.45, 7) is 3.38. The Bertz CT molecular complexity index is 321. The van der Waals surface area contributed by atoms with Gasteiger partial charge in [-0.3, -0.25) is 0 Å². The van der Waals surface area contributed by atoms with Gasteiger partial charge in [-0.2, -0.15) is 0 Å². The van der Waals surface area contributed by atoms with Gasteiger partial charge in [0.1, 0.15) is 0 Å². The van der Waals surface area contributed by atoms with Crippen molar-refractivity contribution in [3.8, 4) is 5.75 Å². The van der Waals surface area contributed by atoms with E-state index in [9.17, 15) is 9.50 Å². The molecule has 0 bridgehead atoms. The lowest BCUT2D eigenvalue weighted by Crippen LogP contribution is -2.05. The van der Waals surface area contributed by atoms with Gasteiger partial charge in [0.2, 0.25) is 0 Å². The smallest absolute Gasteiger partial charge is 0.167 e. The summed E-state index contributed by atoms with van der Waals surface area (Å²) in [7, 11) is 1.43. The zero-order valence-electron chi connectivity index (χ0n) is 8.67. The van der Waals surface area contributed by atoms with Crippen LogP contribution in [0.5, 0.6) is 5.75 Å². The van der Waals surface area contributed by atoms with Gasteiger partial charge in [0.15, 0.2) is 11.6 Å². The van der Waals surface area contributed by atoms with Gasteiger partial charge in [0, 0.05) is 0 Å². The maximum atomic E-state index is 13.3. The van der Waals surface area contributed by atoms with Gasteiger partial charge in [-0.25, -0.2) is 4.39 Å². The van der Waals surface area contributed by atoms with Crippen LogP contribution in [0.1, 0.15) is 18.1 Å². The van der Waals surface area contributed by atoms with Gasteiger partial charge in [-0.05, 0) is 37.5 Å². The third-order valence-corrected chi connectivity index (χ3v) is 2.03. The van der Waals surface area contributed by atoms with E-state index < -0.39 is 6.10 Å². The van der Waals surface area contributed by atoms with Gasteiger partial charge < -0.3 is 9.84 Å². The Morgan fingerprint density at radius 2 is 2.14 bits per heavy atom. The van der Waals surface area contributed by atoms with Crippen LogP contribution in [-0.4, -0.2) is 18.3 Å². The van der Waals surface area contributed by atoms with E-state index in [0.29, 0.717) is 12.0 Å². The summed E-state index contributed by atoms with van der Waals surface area (Å²) in [5.41, 5.74) is 1.43. The molecule has 2 nitrogen and oxygen atoms in total. The Morgan fingerprint density at radius 3 is 2.64 bits per heavy atom. The monoisotopic (exact) mass is 198 g/mol. The molecule has 1 atom stereocenters. The van der Waals surface area contributed by atoms with Crippen LogP contribution in [0.4, 0.5) is 4.39 Å². The number of ether oxygens (including phenoxy) is 1. The first-order chi connectivity index (χ1) is 6.54. The van der Waals surface area contributed by atoms with E-state index in [1.165, 1.54) is 7.11 Å². The van der Waals surface area contributed by atoms with Crippen molar-refractivity contribution in [2.24, 2.45) is 0 Å². The van der Waals surface area contributed by atoms with Crippen molar-refractivity contribution in [2.45, 2.75) is 26.4 Å². The molecule has 1 aromatic rings. The number of aliphatic hydroxyl groups excluding tert-OH is 1. The zero-order chi connectivity index (χ0) is 10.7. The molecule has 0 saturated heterocycles. The quantitative estimate of drug-likeness (QED) is 0.805. The van der Waals surface area contributed by atoms with Crippen molar-refractivity contribution in [1.82, 2.24) is 0 Å². The van der Waals surface area contributed by atoms with Crippen LogP contribution in [0.3, 0.4) is 0 Å². The minimum Gasteiger partial charge on any atom is -0.494 e. The van der Waals surface area contributed by atoms with Gasteiger partial charge in [-0.15, -0.1) is 0 Å². The van der Waals surface area contributed by atoms with Gasteiger partial charge >= 0.3 is 0 Å². The summed E-state index contributed by atoms with van der Waals surface area (Å²) < 4.78 is 18.2. The highest BCUT2D eigenvalue weighted by Gasteiger charge is 2.09. The van der Waals surface area contributed by atoms with E-state index in [4.69, 9.17) is 4.74 Å². The Hall–Kier alpha value is -1.09. The Balaban J connectivity index is 3.03. The highest BCUT2D eigenvalue weighted by Crippen LogP contribution is 2.22. The number of aliphatic hydroxyl groups is 1. The van der Waals surface area contributed by atoms with Crippen LogP contribution < -0.4 is 4.74 Å². The molecule has 0 aromatic heterocycles. The SMILES string of the molecule is COc1cc(CC(C)O)cc(C)c1F. The lowest BCUT2D eigenvalue weighted by Gasteiger charge is -2.09.